The minimum Gasteiger partial charge on any atom is -0.478 e. The fourth-order valence-electron chi connectivity index (χ4n) is 3.92. The Morgan fingerprint density at radius 2 is 1.83 bits per heavy atom. The van der Waals surface area contributed by atoms with Crippen LogP contribution in [0, 0.1) is 5.41 Å². The fourth-order valence-corrected chi connectivity index (χ4v) is 4.18. The van der Waals surface area contributed by atoms with Crippen LogP contribution >= 0.6 is 15.9 Å². The van der Waals surface area contributed by atoms with E-state index in [2.05, 4.69) is 55.8 Å². The van der Waals surface area contributed by atoms with Gasteiger partial charge in [0, 0.05) is 16.5 Å². The van der Waals surface area contributed by atoms with Crippen molar-refractivity contribution >= 4 is 21.9 Å². The van der Waals surface area contributed by atoms with Crippen molar-refractivity contribution in [2.75, 3.05) is 0 Å². The number of carboxylic acids is 1. The zero-order valence-corrected chi connectivity index (χ0v) is 20.3. The molecule has 1 aliphatic rings. The van der Waals surface area contributed by atoms with Gasteiger partial charge in [-0.2, -0.15) is 0 Å². The van der Waals surface area contributed by atoms with E-state index in [0.717, 1.165) is 21.2 Å². The van der Waals surface area contributed by atoms with Gasteiger partial charge < -0.3 is 5.11 Å². The van der Waals surface area contributed by atoms with Crippen LogP contribution in [0.15, 0.2) is 87.0 Å². The second kappa shape index (κ2) is 10.8. The molecule has 0 spiro atoms. The molecule has 0 atom stereocenters. The maximum absolute atomic E-state index is 11.7. The fraction of sp³-hybridized carbons (Fsp3) is 0.370. The van der Waals surface area contributed by atoms with E-state index < -0.39 is 5.97 Å². The van der Waals surface area contributed by atoms with Crippen LogP contribution in [0.1, 0.15) is 59.4 Å². The monoisotopic (exact) mass is 468 g/mol. The van der Waals surface area contributed by atoms with Crippen molar-refractivity contribution < 1.29 is 9.90 Å². The lowest BCUT2D eigenvalue weighted by Crippen LogP contribution is -2.19. The molecule has 0 heterocycles. The molecule has 160 valence electrons. The number of hydrogen-bond donors (Lipinski definition) is 1. The van der Waals surface area contributed by atoms with Crippen molar-refractivity contribution in [1.29, 1.82) is 0 Å². The first-order valence-electron chi connectivity index (χ1n) is 10.5. The lowest BCUT2D eigenvalue weighted by Gasteiger charge is -2.32. The van der Waals surface area contributed by atoms with Crippen LogP contribution in [0.2, 0.25) is 0 Å². The molecule has 3 heteroatoms. The second-order valence-electron chi connectivity index (χ2n) is 8.80. The first-order valence-corrected chi connectivity index (χ1v) is 11.3. The highest BCUT2D eigenvalue weighted by molar-refractivity contribution is 9.10. The molecule has 2 rings (SSSR count). The molecule has 30 heavy (non-hydrogen) atoms. The van der Waals surface area contributed by atoms with Crippen LogP contribution < -0.4 is 0 Å². The summed E-state index contributed by atoms with van der Waals surface area (Å²) in [5, 5.41) is 9.64. The van der Waals surface area contributed by atoms with Gasteiger partial charge in [0.1, 0.15) is 0 Å². The van der Waals surface area contributed by atoms with Crippen LogP contribution in [0.4, 0.5) is 0 Å². The quantitative estimate of drug-likeness (QED) is 0.325. The van der Waals surface area contributed by atoms with Crippen LogP contribution in [-0.4, -0.2) is 11.1 Å². The summed E-state index contributed by atoms with van der Waals surface area (Å²) in [5.74, 6) is -0.873. The van der Waals surface area contributed by atoms with Crippen molar-refractivity contribution in [3.63, 3.8) is 0 Å². The molecule has 1 aliphatic carbocycles. The highest BCUT2D eigenvalue weighted by atomic mass is 79.9. The number of allylic oxidation sites excluding steroid dienone is 9. The van der Waals surface area contributed by atoms with Crippen LogP contribution in [0.5, 0.6) is 0 Å². The van der Waals surface area contributed by atoms with E-state index in [1.807, 2.05) is 49.4 Å². The van der Waals surface area contributed by atoms with Crippen LogP contribution in [-0.2, 0) is 11.2 Å². The van der Waals surface area contributed by atoms with Gasteiger partial charge >= 0.3 is 5.97 Å². The lowest BCUT2D eigenvalue weighted by atomic mass is 9.72. The molecule has 0 radical (unpaired) electrons. The first kappa shape index (κ1) is 24.1. The van der Waals surface area contributed by atoms with Crippen molar-refractivity contribution in [2.45, 2.75) is 60.3 Å². The van der Waals surface area contributed by atoms with Crippen molar-refractivity contribution in [3.8, 4) is 0 Å². The van der Waals surface area contributed by atoms with Gasteiger partial charge in [-0.3, -0.25) is 0 Å². The summed E-state index contributed by atoms with van der Waals surface area (Å²) in [7, 11) is 0. The average Bonchev–Trinajstić information content (AvgIpc) is 2.66. The molecule has 0 saturated carbocycles. The third kappa shape index (κ3) is 6.98. The second-order valence-corrected chi connectivity index (χ2v) is 9.72. The Hall–Kier alpha value is -2.13. The highest BCUT2D eigenvalue weighted by Crippen LogP contribution is 2.40. The molecular weight excluding hydrogens is 436 g/mol. The van der Waals surface area contributed by atoms with Gasteiger partial charge in [-0.05, 0) is 74.3 Å². The molecule has 0 bridgehead atoms. The maximum Gasteiger partial charge on any atom is 0.332 e. The molecule has 1 N–H and O–H groups in total. The smallest absolute Gasteiger partial charge is 0.332 e. The van der Waals surface area contributed by atoms with Crippen molar-refractivity contribution in [3.05, 3.63) is 92.5 Å². The number of aliphatic carboxylic acids is 1. The Labute approximate surface area is 189 Å². The van der Waals surface area contributed by atoms with E-state index in [4.69, 9.17) is 0 Å². The van der Waals surface area contributed by atoms with Gasteiger partial charge in [-0.15, -0.1) is 0 Å². The summed E-state index contributed by atoms with van der Waals surface area (Å²) in [6, 6.07) is 7.76. The molecular formula is C27H33BrO2. The third-order valence-electron chi connectivity index (χ3n) is 5.79. The number of hydrogen-bond acceptors (Lipinski definition) is 1. The Morgan fingerprint density at radius 3 is 2.43 bits per heavy atom. The molecule has 1 aromatic carbocycles. The van der Waals surface area contributed by atoms with Gasteiger partial charge in [0.15, 0.2) is 0 Å². The van der Waals surface area contributed by atoms with Crippen LogP contribution in [0.3, 0.4) is 0 Å². The van der Waals surface area contributed by atoms with E-state index in [9.17, 15) is 9.90 Å². The summed E-state index contributed by atoms with van der Waals surface area (Å²) < 4.78 is 0.986. The first-order chi connectivity index (χ1) is 14.1. The maximum atomic E-state index is 11.7. The Morgan fingerprint density at radius 1 is 1.17 bits per heavy atom. The molecule has 0 amide bonds. The molecule has 2 nitrogen and oxygen atoms in total. The van der Waals surface area contributed by atoms with E-state index in [1.54, 1.807) is 0 Å². The zero-order valence-electron chi connectivity index (χ0n) is 18.8. The Kier molecular flexibility index (Phi) is 8.66. The number of benzene rings is 1. The normalized spacial score (nSPS) is 18.3. The minimum atomic E-state index is -0.873. The standard InChI is InChI=1S/C27H33BrO2/c1-19(11-16-25-21(3)10-7-17-27(25,4)5)8-6-9-20(2)24(26(29)30)18-22-12-14-23(28)15-13-22/h6,8-9,11-16H,7,10,17-18H2,1-5H3,(H,29,30). The van der Waals surface area contributed by atoms with Gasteiger partial charge in [0.05, 0.1) is 0 Å². The minimum absolute atomic E-state index is 0.234. The number of rotatable bonds is 7. The summed E-state index contributed by atoms with van der Waals surface area (Å²) in [6.45, 7) is 10.8. The van der Waals surface area contributed by atoms with Gasteiger partial charge in [-0.1, -0.05) is 83.4 Å². The van der Waals surface area contributed by atoms with E-state index in [0.29, 0.717) is 12.0 Å². The number of carboxylic acid groups (broad SMARTS) is 1. The lowest BCUT2D eigenvalue weighted by molar-refractivity contribution is -0.132. The highest BCUT2D eigenvalue weighted by Gasteiger charge is 2.26. The molecule has 0 saturated heterocycles. The van der Waals surface area contributed by atoms with Crippen molar-refractivity contribution in [1.82, 2.24) is 0 Å². The van der Waals surface area contributed by atoms with Crippen molar-refractivity contribution in [2.24, 2.45) is 5.41 Å². The average molecular weight is 469 g/mol. The van der Waals surface area contributed by atoms with E-state index >= 15 is 0 Å². The molecule has 0 fully saturated rings. The van der Waals surface area contributed by atoms with E-state index in [1.165, 1.54) is 30.4 Å². The summed E-state index contributed by atoms with van der Waals surface area (Å²) >= 11 is 3.41. The summed E-state index contributed by atoms with van der Waals surface area (Å²) in [5.41, 5.74) is 6.48. The summed E-state index contributed by atoms with van der Waals surface area (Å²) in [6.07, 6.45) is 14.4. The molecule has 0 unspecified atom stereocenters. The van der Waals surface area contributed by atoms with Gasteiger partial charge in [-0.25, -0.2) is 4.79 Å². The largest absolute Gasteiger partial charge is 0.478 e. The Balaban J connectivity index is 2.14. The predicted molar refractivity (Wildman–Crippen MR) is 131 cm³/mol. The van der Waals surface area contributed by atoms with Gasteiger partial charge in [0.2, 0.25) is 0 Å². The number of halogens is 1. The summed E-state index contributed by atoms with van der Waals surface area (Å²) in [4.78, 5) is 11.7. The van der Waals surface area contributed by atoms with E-state index in [-0.39, 0.29) is 5.41 Å². The van der Waals surface area contributed by atoms with Gasteiger partial charge in [0.25, 0.3) is 0 Å². The topological polar surface area (TPSA) is 37.3 Å². The zero-order chi connectivity index (χ0) is 22.3. The molecule has 0 aromatic heterocycles. The SMILES string of the molecule is CC(C=CC1=C(C)CCCC1(C)C)=CC=CC(C)=C(Cc1ccc(Br)cc1)C(=O)O. The van der Waals surface area contributed by atoms with Crippen LogP contribution in [0.25, 0.3) is 0 Å². The molecule has 0 aliphatic heterocycles. The molecule has 1 aromatic rings. The third-order valence-corrected chi connectivity index (χ3v) is 6.32. The Bertz CT molecular complexity index is 922. The number of carbonyl (C=O) groups is 1. The predicted octanol–water partition coefficient (Wildman–Crippen LogP) is 7.98.